The van der Waals surface area contributed by atoms with Crippen molar-refractivity contribution in [3.63, 3.8) is 0 Å². The van der Waals surface area contributed by atoms with Crippen LogP contribution in [0.4, 0.5) is 0 Å². The molecule has 4 heteroatoms. The minimum Gasteiger partial charge on any atom is -0.314 e. The van der Waals surface area contributed by atoms with E-state index in [4.69, 9.17) is 0 Å². The van der Waals surface area contributed by atoms with E-state index >= 15 is 0 Å². The quantitative estimate of drug-likeness (QED) is 0.492. The summed E-state index contributed by atoms with van der Waals surface area (Å²) in [5, 5.41) is 9.35. The summed E-state index contributed by atoms with van der Waals surface area (Å²) in [5.41, 5.74) is 0.208. The smallest absolute Gasteiger partial charge is 0.294 e. The van der Waals surface area contributed by atoms with E-state index in [9.17, 15) is 10.1 Å². The maximum absolute atomic E-state index is 10.1. The molecular weight excluding hydrogens is 182 g/mol. The molecular formula is C10H21NO3. The zero-order valence-corrected chi connectivity index (χ0v) is 9.58. The molecule has 0 saturated heterocycles. The summed E-state index contributed by atoms with van der Waals surface area (Å²) in [4.78, 5) is 14.5. The van der Waals surface area contributed by atoms with Gasteiger partial charge in [0, 0.05) is 0 Å². The topological polar surface area (TPSA) is 52.4 Å². The minimum absolute atomic E-state index is 0.208. The van der Waals surface area contributed by atoms with Crippen LogP contribution in [0.15, 0.2) is 0 Å². The van der Waals surface area contributed by atoms with Gasteiger partial charge in [0.05, 0.1) is 6.61 Å². The Morgan fingerprint density at radius 2 is 2.00 bits per heavy atom. The van der Waals surface area contributed by atoms with E-state index in [1.807, 2.05) is 0 Å². The van der Waals surface area contributed by atoms with Gasteiger partial charge in [-0.05, 0) is 24.2 Å². The van der Waals surface area contributed by atoms with E-state index in [2.05, 4.69) is 32.5 Å². The second-order valence-electron chi connectivity index (χ2n) is 4.94. The monoisotopic (exact) mass is 203 g/mol. The second kappa shape index (κ2) is 5.83. The molecule has 0 aromatic carbocycles. The molecule has 0 aromatic heterocycles. The maximum Gasteiger partial charge on any atom is 0.294 e. The first-order valence-corrected chi connectivity index (χ1v) is 5.12. The van der Waals surface area contributed by atoms with E-state index < -0.39 is 5.09 Å². The van der Waals surface area contributed by atoms with Crippen LogP contribution in [0.25, 0.3) is 0 Å². The lowest BCUT2D eigenvalue weighted by atomic mass is 9.83. The molecule has 0 heterocycles. The van der Waals surface area contributed by atoms with Gasteiger partial charge in [0.2, 0.25) is 0 Å². The van der Waals surface area contributed by atoms with Crippen LogP contribution in [0.1, 0.15) is 47.0 Å². The lowest BCUT2D eigenvalue weighted by molar-refractivity contribution is -0.759. The molecule has 0 rings (SSSR count). The van der Waals surface area contributed by atoms with E-state index in [0.717, 1.165) is 19.3 Å². The van der Waals surface area contributed by atoms with Gasteiger partial charge in [0.15, 0.2) is 0 Å². The van der Waals surface area contributed by atoms with Gasteiger partial charge in [-0.15, -0.1) is 10.1 Å². The Balaban J connectivity index is 3.95. The van der Waals surface area contributed by atoms with Crippen molar-refractivity contribution in [1.82, 2.24) is 0 Å². The van der Waals surface area contributed by atoms with Crippen molar-refractivity contribution in [2.24, 2.45) is 11.3 Å². The molecule has 0 bridgehead atoms. The zero-order valence-electron chi connectivity index (χ0n) is 9.58. The van der Waals surface area contributed by atoms with Gasteiger partial charge in [-0.2, -0.15) is 0 Å². The Morgan fingerprint density at radius 3 is 2.36 bits per heavy atom. The molecule has 0 N–H and O–H groups in total. The van der Waals surface area contributed by atoms with Gasteiger partial charge in [-0.3, -0.25) is 0 Å². The van der Waals surface area contributed by atoms with Gasteiger partial charge < -0.3 is 4.84 Å². The molecule has 0 radical (unpaired) electrons. The molecule has 0 amide bonds. The summed E-state index contributed by atoms with van der Waals surface area (Å²) in [6, 6.07) is 0. The summed E-state index contributed by atoms with van der Waals surface area (Å²) in [7, 11) is 0. The summed E-state index contributed by atoms with van der Waals surface area (Å²) >= 11 is 0. The molecule has 0 aliphatic rings. The van der Waals surface area contributed by atoms with Crippen molar-refractivity contribution in [1.29, 1.82) is 0 Å². The first-order valence-electron chi connectivity index (χ1n) is 5.12. The van der Waals surface area contributed by atoms with E-state index in [1.165, 1.54) is 0 Å². The van der Waals surface area contributed by atoms with E-state index in [-0.39, 0.29) is 12.0 Å². The first kappa shape index (κ1) is 13.2. The van der Waals surface area contributed by atoms with Gasteiger partial charge >= 0.3 is 0 Å². The fourth-order valence-corrected chi connectivity index (χ4v) is 1.68. The Hall–Kier alpha value is -0.800. The molecule has 0 saturated carbocycles. The average molecular weight is 203 g/mol. The predicted molar refractivity (Wildman–Crippen MR) is 55.4 cm³/mol. The molecule has 1 atom stereocenters. The minimum atomic E-state index is -0.703. The Labute approximate surface area is 85.7 Å². The standard InChI is InChI=1S/C10H21NO3/c1-5-6-9(7-10(2,3)4)8-14-11(12)13/h9H,5-8H2,1-4H3. The van der Waals surface area contributed by atoms with Gasteiger partial charge in [0.25, 0.3) is 5.09 Å². The molecule has 0 aliphatic carbocycles. The van der Waals surface area contributed by atoms with Crippen molar-refractivity contribution in [3.8, 4) is 0 Å². The first-order chi connectivity index (χ1) is 6.35. The number of hydrogen-bond acceptors (Lipinski definition) is 3. The van der Waals surface area contributed by atoms with Crippen molar-refractivity contribution >= 4 is 0 Å². The molecule has 0 aliphatic heterocycles. The molecule has 0 aromatic rings. The van der Waals surface area contributed by atoms with Crippen LogP contribution in [-0.4, -0.2) is 11.7 Å². The zero-order chi connectivity index (χ0) is 11.2. The lowest BCUT2D eigenvalue weighted by Gasteiger charge is -2.24. The molecule has 0 spiro atoms. The van der Waals surface area contributed by atoms with Crippen molar-refractivity contribution in [2.45, 2.75) is 47.0 Å². The third-order valence-electron chi connectivity index (χ3n) is 2.01. The average Bonchev–Trinajstić information content (AvgIpc) is 1.98. The van der Waals surface area contributed by atoms with E-state index in [1.54, 1.807) is 0 Å². The van der Waals surface area contributed by atoms with Crippen molar-refractivity contribution in [2.75, 3.05) is 6.61 Å². The Bertz CT molecular complexity index is 175. The summed E-state index contributed by atoms with van der Waals surface area (Å²) in [6.45, 7) is 8.74. The van der Waals surface area contributed by atoms with Gasteiger partial charge in [0.1, 0.15) is 0 Å². The van der Waals surface area contributed by atoms with Crippen LogP contribution in [0, 0.1) is 21.4 Å². The fraction of sp³-hybridized carbons (Fsp3) is 1.00. The Kier molecular flexibility index (Phi) is 5.50. The number of hydrogen-bond donors (Lipinski definition) is 0. The predicted octanol–water partition coefficient (Wildman–Crippen LogP) is 3.05. The number of nitrogens with zero attached hydrogens (tertiary/aromatic N) is 1. The SMILES string of the molecule is CCCC(CO[N+](=O)[O-])CC(C)(C)C. The highest BCUT2D eigenvalue weighted by Crippen LogP contribution is 2.27. The van der Waals surface area contributed by atoms with Gasteiger partial charge in [-0.1, -0.05) is 34.1 Å². The molecule has 1 unspecified atom stereocenters. The Morgan fingerprint density at radius 1 is 1.43 bits per heavy atom. The van der Waals surface area contributed by atoms with Crippen LogP contribution in [0.5, 0.6) is 0 Å². The third-order valence-corrected chi connectivity index (χ3v) is 2.01. The van der Waals surface area contributed by atoms with Gasteiger partial charge in [-0.25, -0.2) is 0 Å². The maximum atomic E-state index is 10.1. The van der Waals surface area contributed by atoms with Crippen LogP contribution in [0.3, 0.4) is 0 Å². The van der Waals surface area contributed by atoms with Crippen molar-refractivity contribution < 1.29 is 9.92 Å². The van der Waals surface area contributed by atoms with Crippen LogP contribution < -0.4 is 0 Å². The molecule has 0 fully saturated rings. The molecule has 84 valence electrons. The largest absolute Gasteiger partial charge is 0.314 e. The molecule has 4 nitrogen and oxygen atoms in total. The molecule has 14 heavy (non-hydrogen) atoms. The highest BCUT2D eigenvalue weighted by molar-refractivity contribution is 4.68. The van der Waals surface area contributed by atoms with E-state index in [0.29, 0.717) is 5.92 Å². The fourth-order valence-electron chi connectivity index (χ4n) is 1.68. The summed E-state index contributed by atoms with van der Waals surface area (Å²) < 4.78 is 0. The highest BCUT2D eigenvalue weighted by Gasteiger charge is 2.19. The normalized spacial score (nSPS) is 13.7. The lowest BCUT2D eigenvalue weighted by Crippen LogP contribution is -2.19. The number of rotatable bonds is 6. The van der Waals surface area contributed by atoms with Crippen LogP contribution in [0.2, 0.25) is 0 Å². The summed E-state index contributed by atoms with van der Waals surface area (Å²) in [6.07, 6.45) is 3.00. The summed E-state index contributed by atoms with van der Waals surface area (Å²) in [5.74, 6) is 0.297. The highest BCUT2D eigenvalue weighted by atomic mass is 16.9. The second-order valence-corrected chi connectivity index (χ2v) is 4.94. The third kappa shape index (κ3) is 7.83. The van der Waals surface area contributed by atoms with Crippen LogP contribution >= 0.6 is 0 Å². The van der Waals surface area contributed by atoms with Crippen LogP contribution in [-0.2, 0) is 4.84 Å². The van der Waals surface area contributed by atoms with Crippen molar-refractivity contribution in [3.05, 3.63) is 10.1 Å².